The van der Waals surface area contributed by atoms with Crippen molar-refractivity contribution in [2.75, 3.05) is 0 Å². The molecule has 0 radical (unpaired) electrons. The summed E-state index contributed by atoms with van der Waals surface area (Å²) in [7, 11) is 0. The number of aromatic hydroxyl groups is 4. The largest absolute Gasteiger partial charge is 0.504 e. The van der Waals surface area contributed by atoms with Crippen LogP contribution in [0.3, 0.4) is 0 Å². The van der Waals surface area contributed by atoms with Gasteiger partial charge in [0.2, 0.25) is 0 Å². The number of fused-ring (bicyclic) bond motifs is 1. The van der Waals surface area contributed by atoms with Crippen molar-refractivity contribution in [2.24, 2.45) is 5.73 Å². The first-order valence-corrected chi connectivity index (χ1v) is 7.26. The number of hydrogen-bond donors (Lipinski definition) is 7. The van der Waals surface area contributed by atoms with Crippen LogP contribution in [0.25, 0.3) is 10.9 Å². The second-order valence-electron chi connectivity index (χ2n) is 5.38. The highest BCUT2D eigenvalue weighted by atomic mass is 16.4. The molecule has 0 fully saturated rings. The van der Waals surface area contributed by atoms with Crippen molar-refractivity contribution < 1.29 is 30.3 Å². The van der Waals surface area contributed by atoms with Crippen LogP contribution in [0.4, 0.5) is 0 Å². The number of nitrogens with one attached hydrogen (secondary N) is 1. The molecule has 0 aliphatic carbocycles. The van der Waals surface area contributed by atoms with Crippen LogP contribution in [-0.2, 0) is 11.2 Å². The molecule has 0 saturated heterocycles. The van der Waals surface area contributed by atoms with Gasteiger partial charge in [-0.05, 0) is 36.2 Å². The Kier molecular flexibility index (Phi) is 5.35. The third-order valence-electron chi connectivity index (χ3n) is 3.46. The Morgan fingerprint density at radius 1 is 0.960 bits per heavy atom. The maximum absolute atomic E-state index is 10.4. The summed E-state index contributed by atoms with van der Waals surface area (Å²) < 4.78 is 0. The second kappa shape index (κ2) is 7.45. The Balaban J connectivity index is 0.000000185. The zero-order valence-corrected chi connectivity index (χ0v) is 13.0. The zero-order valence-electron chi connectivity index (χ0n) is 13.0. The lowest BCUT2D eigenvalue weighted by Gasteiger charge is -2.06. The van der Waals surface area contributed by atoms with Crippen LogP contribution in [0, 0.1) is 0 Å². The molecule has 25 heavy (non-hydrogen) atoms. The molecule has 8 nitrogen and oxygen atoms in total. The van der Waals surface area contributed by atoms with Gasteiger partial charge in [0, 0.05) is 23.2 Å². The van der Waals surface area contributed by atoms with Gasteiger partial charge in [-0.3, -0.25) is 4.79 Å². The predicted molar refractivity (Wildman–Crippen MR) is 90.7 cm³/mol. The monoisotopic (exact) mass is 346 g/mol. The van der Waals surface area contributed by atoms with E-state index in [4.69, 9.17) is 31.3 Å². The lowest BCUT2D eigenvalue weighted by atomic mass is 10.1. The molecule has 0 aliphatic rings. The number of carboxylic acids is 1. The van der Waals surface area contributed by atoms with E-state index in [9.17, 15) is 4.79 Å². The smallest absolute Gasteiger partial charge is 0.320 e. The maximum atomic E-state index is 10.4. The van der Waals surface area contributed by atoms with Crippen molar-refractivity contribution >= 4 is 16.9 Å². The minimum Gasteiger partial charge on any atom is -0.504 e. The molecule has 132 valence electrons. The molecule has 0 amide bonds. The third-order valence-corrected chi connectivity index (χ3v) is 3.46. The van der Waals surface area contributed by atoms with Gasteiger partial charge >= 0.3 is 5.97 Å². The third kappa shape index (κ3) is 4.55. The van der Waals surface area contributed by atoms with Gasteiger partial charge in [0.15, 0.2) is 23.0 Å². The SMILES string of the molecule is N[C@@H](Cc1ccc(O)c(O)c1)C(=O)O.Oc1cc2cc[nH]c2cc1O. The number of rotatable bonds is 3. The average molecular weight is 346 g/mol. The number of H-pyrrole nitrogens is 1. The number of carbonyl (C=O) groups is 1. The number of benzene rings is 2. The lowest BCUT2D eigenvalue weighted by molar-refractivity contribution is -0.138. The molecule has 8 heteroatoms. The van der Waals surface area contributed by atoms with Crippen LogP contribution in [0.15, 0.2) is 42.6 Å². The van der Waals surface area contributed by atoms with Crippen molar-refractivity contribution in [1.29, 1.82) is 0 Å². The van der Waals surface area contributed by atoms with E-state index in [2.05, 4.69) is 4.98 Å². The molecule has 1 heterocycles. The molecule has 0 spiro atoms. The Bertz CT molecular complexity index is 854. The van der Waals surface area contributed by atoms with E-state index >= 15 is 0 Å². The fourth-order valence-electron chi connectivity index (χ4n) is 2.11. The fraction of sp³-hybridized carbons (Fsp3) is 0.118. The van der Waals surface area contributed by atoms with Crippen LogP contribution in [0.5, 0.6) is 23.0 Å². The number of aliphatic carboxylic acids is 1. The van der Waals surface area contributed by atoms with E-state index in [1.54, 1.807) is 6.20 Å². The first kappa shape index (κ1) is 18.0. The molecular formula is C17H18N2O6. The Morgan fingerprint density at radius 2 is 1.60 bits per heavy atom. The minimum absolute atomic E-state index is 0.0860. The van der Waals surface area contributed by atoms with E-state index in [0.717, 1.165) is 10.9 Å². The number of carboxylic acid groups (broad SMARTS) is 1. The van der Waals surface area contributed by atoms with Crippen LogP contribution in [0.1, 0.15) is 5.56 Å². The zero-order chi connectivity index (χ0) is 18.6. The predicted octanol–water partition coefficient (Wildman–Crippen LogP) is 1.63. The van der Waals surface area contributed by atoms with Crippen molar-refractivity contribution in [3.05, 3.63) is 48.2 Å². The van der Waals surface area contributed by atoms with Gasteiger partial charge in [-0.25, -0.2) is 0 Å². The maximum Gasteiger partial charge on any atom is 0.320 e. The normalized spacial score (nSPS) is 11.6. The topological polar surface area (TPSA) is 160 Å². The van der Waals surface area contributed by atoms with Crippen LogP contribution in [0.2, 0.25) is 0 Å². The summed E-state index contributed by atoms with van der Waals surface area (Å²) in [6, 6.07) is 7.93. The summed E-state index contributed by atoms with van der Waals surface area (Å²) in [6.07, 6.45) is 1.87. The van der Waals surface area contributed by atoms with E-state index in [-0.39, 0.29) is 29.4 Å². The van der Waals surface area contributed by atoms with Crippen LogP contribution < -0.4 is 5.73 Å². The summed E-state index contributed by atoms with van der Waals surface area (Å²) in [5.74, 6) is -1.80. The first-order chi connectivity index (χ1) is 11.8. The number of aromatic amines is 1. The van der Waals surface area contributed by atoms with Crippen LogP contribution in [-0.4, -0.2) is 42.5 Å². The number of nitrogens with two attached hydrogens (primary N) is 1. The van der Waals surface area contributed by atoms with Crippen molar-refractivity contribution in [3.63, 3.8) is 0 Å². The molecule has 0 aliphatic heterocycles. The average Bonchev–Trinajstić information content (AvgIpc) is 2.99. The molecule has 1 atom stereocenters. The number of phenolic OH excluding ortho intramolecular Hbond substituents is 4. The van der Waals surface area contributed by atoms with Crippen molar-refractivity contribution in [2.45, 2.75) is 12.5 Å². The highest BCUT2D eigenvalue weighted by Gasteiger charge is 2.12. The van der Waals surface area contributed by atoms with E-state index < -0.39 is 12.0 Å². The molecule has 3 rings (SSSR count). The summed E-state index contributed by atoms with van der Waals surface area (Å²) in [6.45, 7) is 0. The molecular weight excluding hydrogens is 328 g/mol. The number of phenols is 4. The standard InChI is InChI=1S/C9H11NO4.C8H7NO2/c10-6(9(13)14)3-5-1-2-7(11)8(12)4-5;10-7-3-5-1-2-9-6(5)4-8(7)11/h1-2,4,6,11-12H,3,10H2,(H,13,14);1-4,9-11H/t6-;/m0./s1. The Morgan fingerprint density at radius 3 is 2.24 bits per heavy atom. The highest BCUT2D eigenvalue weighted by molar-refractivity contribution is 5.82. The van der Waals surface area contributed by atoms with Gasteiger partial charge in [-0.2, -0.15) is 0 Å². The molecule has 0 saturated carbocycles. The van der Waals surface area contributed by atoms with E-state index in [0.29, 0.717) is 5.56 Å². The van der Waals surface area contributed by atoms with Crippen molar-refractivity contribution in [3.8, 4) is 23.0 Å². The van der Waals surface area contributed by atoms with Gasteiger partial charge in [0.1, 0.15) is 6.04 Å². The summed E-state index contributed by atoms with van der Waals surface area (Å²) in [5.41, 5.74) is 6.68. The van der Waals surface area contributed by atoms with Gasteiger partial charge in [-0.15, -0.1) is 0 Å². The van der Waals surface area contributed by atoms with Gasteiger partial charge < -0.3 is 36.3 Å². The molecule has 0 bridgehead atoms. The Hall–Kier alpha value is -3.39. The lowest BCUT2D eigenvalue weighted by Crippen LogP contribution is -2.32. The van der Waals surface area contributed by atoms with E-state index in [1.165, 1.54) is 30.3 Å². The van der Waals surface area contributed by atoms with Crippen LogP contribution >= 0.6 is 0 Å². The fourth-order valence-corrected chi connectivity index (χ4v) is 2.11. The summed E-state index contributed by atoms with van der Waals surface area (Å²) in [5, 5.41) is 45.7. The number of aromatic nitrogens is 1. The molecule has 1 aromatic heterocycles. The molecule has 3 aromatic rings. The first-order valence-electron chi connectivity index (χ1n) is 7.26. The highest BCUT2D eigenvalue weighted by Crippen LogP contribution is 2.29. The van der Waals surface area contributed by atoms with E-state index in [1.807, 2.05) is 6.07 Å². The van der Waals surface area contributed by atoms with Gasteiger partial charge in [0.25, 0.3) is 0 Å². The van der Waals surface area contributed by atoms with Gasteiger partial charge in [-0.1, -0.05) is 6.07 Å². The molecule has 8 N–H and O–H groups in total. The summed E-state index contributed by atoms with van der Waals surface area (Å²) >= 11 is 0. The Labute approximate surface area is 142 Å². The van der Waals surface area contributed by atoms with Gasteiger partial charge in [0.05, 0.1) is 0 Å². The summed E-state index contributed by atoms with van der Waals surface area (Å²) in [4.78, 5) is 13.3. The van der Waals surface area contributed by atoms with Crippen molar-refractivity contribution in [1.82, 2.24) is 4.98 Å². The molecule has 0 unspecified atom stereocenters. The second-order valence-corrected chi connectivity index (χ2v) is 5.38. The minimum atomic E-state index is -1.10. The molecule has 2 aromatic carbocycles. The number of hydrogen-bond acceptors (Lipinski definition) is 6. The quantitative estimate of drug-likeness (QED) is 0.355.